The number of benzene rings is 1. The van der Waals surface area contributed by atoms with Crippen molar-refractivity contribution in [2.45, 2.75) is 42.9 Å². The van der Waals surface area contributed by atoms with E-state index < -0.39 is 10.0 Å². The zero-order valence-electron chi connectivity index (χ0n) is 12.5. The van der Waals surface area contributed by atoms with Crippen LogP contribution in [0.2, 0.25) is 0 Å². The molecule has 0 fully saturated rings. The van der Waals surface area contributed by atoms with Crippen LogP contribution < -0.4 is 10.5 Å². The Labute approximate surface area is 126 Å². The summed E-state index contributed by atoms with van der Waals surface area (Å²) in [7, 11) is -3.49. The van der Waals surface area contributed by atoms with Gasteiger partial charge in [-0.2, -0.15) is 11.8 Å². The Morgan fingerprint density at radius 3 is 2.60 bits per heavy atom. The van der Waals surface area contributed by atoms with E-state index in [4.69, 9.17) is 5.73 Å². The van der Waals surface area contributed by atoms with E-state index in [0.29, 0.717) is 6.54 Å². The van der Waals surface area contributed by atoms with Crippen molar-refractivity contribution in [1.82, 2.24) is 4.72 Å². The highest BCUT2D eigenvalue weighted by Crippen LogP contribution is 2.22. The molecule has 3 N–H and O–H groups in total. The quantitative estimate of drug-likeness (QED) is 0.811. The third-order valence-electron chi connectivity index (χ3n) is 3.28. The molecule has 0 aliphatic rings. The minimum Gasteiger partial charge on any atom is -0.324 e. The fourth-order valence-corrected chi connectivity index (χ4v) is 3.15. The molecule has 0 radical (unpaired) electrons. The molecule has 4 nitrogen and oxygen atoms in total. The van der Waals surface area contributed by atoms with Crippen molar-refractivity contribution < 1.29 is 8.42 Å². The van der Waals surface area contributed by atoms with Gasteiger partial charge in [0.2, 0.25) is 10.0 Å². The smallest absolute Gasteiger partial charge is 0.240 e. The molecule has 1 rings (SSSR count). The van der Waals surface area contributed by atoms with Crippen LogP contribution in [-0.4, -0.2) is 26.0 Å². The number of sulfonamides is 1. The van der Waals surface area contributed by atoms with E-state index in [0.717, 1.165) is 12.0 Å². The first-order chi connectivity index (χ1) is 9.22. The van der Waals surface area contributed by atoms with Gasteiger partial charge in [0, 0.05) is 17.3 Å². The van der Waals surface area contributed by atoms with Gasteiger partial charge in [-0.05, 0) is 44.2 Å². The Kier molecular flexibility index (Phi) is 6.06. The highest BCUT2D eigenvalue weighted by atomic mass is 32.2. The third kappa shape index (κ3) is 4.77. The van der Waals surface area contributed by atoms with E-state index in [-0.39, 0.29) is 15.7 Å². The average molecular weight is 316 g/mol. The summed E-state index contributed by atoms with van der Waals surface area (Å²) in [6.45, 7) is 6.37. The van der Waals surface area contributed by atoms with Gasteiger partial charge < -0.3 is 5.73 Å². The van der Waals surface area contributed by atoms with Gasteiger partial charge in [0.15, 0.2) is 0 Å². The van der Waals surface area contributed by atoms with Gasteiger partial charge in [-0.3, -0.25) is 0 Å². The molecule has 0 aliphatic heterocycles. The topological polar surface area (TPSA) is 72.2 Å². The molecule has 0 bridgehead atoms. The predicted octanol–water partition coefficient (Wildman–Crippen LogP) is 2.52. The van der Waals surface area contributed by atoms with Gasteiger partial charge in [-0.25, -0.2) is 13.1 Å². The normalized spacial score (nSPS) is 14.2. The maximum atomic E-state index is 12.3. The Hall–Kier alpha value is -0.560. The van der Waals surface area contributed by atoms with Crippen molar-refractivity contribution in [3.63, 3.8) is 0 Å². The third-order valence-corrected chi connectivity index (χ3v) is 5.93. The average Bonchev–Trinajstić information content (AvgIpc) is 2.45. The van der Waals surface area contributed by atoms with Crippen LogP contribution in [0.1, 0.15) is 38.8 Å². The minimum absolute atomic E-state index is 0.132. The van der Waals surface area contributed by atoms with Crippen LogP contribution in [-0.2, 0) is 10.0 Å². The fourth-order valence-electron chi connectivity index (χ4n) is 1.57. The summed E-state index contributed by atoms with van der Waals surface area (Å²) in [6.07, 6.45) is 2.74. The lowest BCUT2D eigenvalue weighted by Gasteiger charge is -2.22. The van der Waals surface area contributed by atoms with Gasteiger partial charge in [0.1, 0.15) is 0 Å². The first kappa shape index (κ1) is 17.5. The zero-order chi connectivity index (χ0) is 15.4. The second kappa shape index (κ2) is 6.93. The van der Waals surface area contributed by atoms with Crippen molar-refractivity contribution >= 4 is 21.8 Å². The van der Waals surface area contributed by atoms with E-state index in [2.05, 4.69) is 4.72 Å². The molecule has 20 heavy (non-hydrogen) atoms. The highest BCUT2D eigenvalue weighted by Gasteiger charge is 2.21. The van der Waals surface area contributed by atoms with Crippen molar-refractivity contribution in [3.05, 3.63) is 29.8 Å². The lowest BCUT2D eigenvalue weighted by molar-refractivity contribution is 0.570. The first-order valence-corrected chi connectivity index (χ1v) is 9.33. The van der Waals surface area contributed by atoms with E-state index in [1.165, 1.54) is 0 Å². The number of nitrogens with one attached hydrogen (secondary N) is 1. The van der Waals surface area contributed by atoms with Gasteiger partial charge in [0.05, 0.1) is 4.90 Å². The summed E-state index contributed by atoms with van der Waals surface area (Å²) in [5.74, 6) is 0. The van der Waals surface area contributed by atoms with Crippen LogP contribution in [0, 0.1) is 0 Å². The molecule has 1 unspecified atom stereocenters. The number of rotatable bonds is 7. The summed E-state index contributed by atoms with van der Waals surface area (Å²) in [4.78, 5) is 0.274. The van der Waals surface area contributed by atoms with E-state index in [9.17, 15) is 8.42 Å². The standard InChI is InChI=1S/C14H24N2O2S2/c1-5-13(15)11-7-6-8-12(9-11)20(17,18)16-10-14(2,3)19-4/h6-9,13,16H,5,10,15H2,1-4H3. The van der Waals surface area contributed by atoms with Crippen molar-refractivity contribution in [2.24, 2.45) is 5.73 Å². The van der Waals surface area contributed by atoms with E-state index in [1.807, 2.05) is 33.1 Å². The summed E-state index contributed by atoms with van der Waals surface area (Å²) < 4.78 is 27.1. The summed E-state index contributed by atoms with van der Waals surface area (Å²) >= 11 is 1.63. The summed E-state index contributed by atoms with van der Waals surface area (Å²) in [5, 5.41) is 0. The van der Waals surface area contributed by atoms with Crippen molar-refractivity contribution in [2.75, 3.05) is 12.8 Å². The second-order valence-electron chi connectivity index (χ2n) is 5.38. The van der Waals surface area contributed by atoms with Crippen molar-refractivity contribution in [3.8, 4) is 0 Å². The van der Waals surface area contributed by atoms with Crippen LogP contribution in [0.3, 0.4) is 0 Å². The molecular formula is C14H24N2O2S2. The predicted molar refractivity (Wildman–Crippen MR) is 86.4 cm³/mol. The lowest BCUT2D eigenvalue weighted by Crippen LogP contribution is -2.36. The molecule has 0 spiro atoms. The molecule has 0 saturated heterocycles. The molecule has 1 aromatic carbocycles. The van der Waals surface area contributed by atoms with Gasteiger partial charge >= 0.3 is 0 Å². The molecule has 114 valence electrons. The van der Waals surface area contributed by atoms with E-state index >= 15 is 0 Å². The number of hydrogen-bond acceptors (Lipinski definition) is 4. The van der Waals surface area contributed by atoms with Gasteiger partial charge in [-0.15, -0.1) is 0 Å². The SMILES string of the molecule is CCC(N)c1cccc(S(=O)(=O)NCC(C)(C)SC)c1. The molecule has 1 atom stereocenters. The Morgan fingerprint density at radius 1 is 1.40 bits per heavy atom. The minimum atomic E-state index is -3.49. The van der Waals surface area contributed by atoms with Crippen LogP contribution in [0.4, 0.5) is 0 Å². The Balaban J connectivity index is 2.93. The molecule has 0 amide bonds. The maximum absolute atomic E-state index is 12.3. The molecule has 6 heteroatoms. The zero-order valence-corrected chi connectivity index (χ0v) is 14.1. The number of hydrogen-bond donors (Lipinski definition) is 2. The lowest BCUT2D eigenvalue weighted by atomic mass is 10.1. The van der Waals surface area contributed by atoms with Crippen LogP contribution in [0.15, 0.2) is 29.2 Å². The Bertz CT molecular complexity index is 542. The maximum Gasteiger partial charge on any atom is 0.240 e. The van der Waals surface area contributed by atoms with Gasteiger partial charge in [-0.1, -0.05) is 19.1 Å². The van der Waals surface area contributed by atoms with E-state index in [1.54, 1.807) is 30.0 Å². The van der Waals surface area contributed by atoms with Crippen LogP contribution >= 0.6 is 11.8 Å². The molecule has 0 heterocycles. The number of thioether (sulfide) groups is 1. The molecule has 0 aliphatic carbocycles. The summed E-state index contributed by atoms with van der Waals surface area (Å²) in [6, 6.07) is 6.72. The highest BCUT2D eigenvalue weighted by molar-refractivity contribution is 8.00. The second-order valence-corrected chi connectivity index (χ2v) is 8.66. The molecule has 1 aromatic rings. The first-order valence-electron chi connectivity index (χ1n) is 6.62. The fraction of sp³-hybridized carbons (Fsp3) is 0.571. The summed E-state index contributed by atoms with van der Waals surface area (Å²) in [5.41, 5.74) is 6.80. The monoisotopic (exact) mass is 316 g/mol. The largest absolute Gasteiger partial charge is 0.324 e. The molecular weight excluding hydrogens is 292 g/mol. The number of nitrogens with two attached hydrogens (primary N) is 1. The van der Waals surface area contributed by atoms with Gasteiger partial charge in [0.25, 0.3) is 0 Å². The molecule has 0 aromatic heterocycles. The molecule has 0 saturated carbocycles. The van der Waals surface area contributed by atoms with Crippen LogP contribution in [0.5, 0.6) is 0 Å². The Morgan fingerprint density at radius 2 is 2.05 bits per heavy atom. The van der Waals surface area contributed by atoms with Crippen molar-refractivity contribution in [1.29, 1.82) is 0 Å². The van der Waals surface area contributed by atoms with Crippen LogP contribution in [0.25, 0.3) is 0 Å².